The van der Waals surface area contributed by atoms with Crippen LogP contribution < -0.4 is 0 Å². The Morgan fingerprint density at radius 2 is 2.04 bits per heavy atom. The number of carbonyl (C=O) groups excluding carboxylic acids is 2. The van der Waals surface area contributed by atoms with E-state index >= 15 is 0 Å². The normalized spacial score (nSPS) is 22.7. The van der Waals surface area contributed by atoms with E-state index in [1.54, 1.807) is 0 Å². The third-order valence-electron chi connectivity index (χ3n) is 5.55. The molecule has 2 aliphatic heterocycles. The highest BCUT2D eigenvalue weighted by Crippen LogP contribution is 2.44. The maximum atomic E-state index is 13.1. The van der Waals surface area contributed by atoms with Crippen molar-refractivity contribution in [2.45, 2.75) is 25.3 Å². The van der Waals surface area contributed by atoms with Crippen LogP contribution in [0.5, 0.6) is 0 Å². The minimum absolute atomic E-state index is 0.160. The summed E-state index contributed by atoms with van der Waals surface area (Å²) in [7, 11) is 0. The van der Waals surface area contributed by atoms with Gasteiger partial charge in [0.05, 0.1) is 10.9 Å². The molecule has 0 saturated carbocycles. The van der Waals surface area contributed by atoms with Crippen LogP contribution in [0, 0.1) is 5.92 Å². The fourth-order valence-electron chi connectivity index (χ4n) is 4.42. The number of aromatic amines is 1. The van der Waals surface area contributed by atoms with Gasteiger partial charge in [-0.1, -0.05) is 24.3 Å². The van der Waals surface area contributed by atoms with Gasteiger partial charge in [0.25, 0.3) is 0 Å². The molecule has 1 fully saturated rings. The minimum atomic E-state index is -0.163. The Morgan fingerprint density at radius 3 is 2.88 bits per heavy atom. The Labute approximate surface area is 149 Å². The number of benzene rings is 1. The molecule has 2 atom stereocenters. The first-order chi connectivity index (χ1) is 12.2. The number of rotatable bonds is 2. The molecule has 2 aliphatic rings. The van der Waals surface area contributed by atoms with Crippen LogP contribution in [-0.2, 0) is 11.2 Å². The highest BCUT2D eigenvalue weighted by Gasteiger charge is 2.44. The van der Waals surface area contributed by atoms with E-state index < -0.39 is 0 Å². The van der Waals surface area contributed by atoms with E-state index in [2.05, 4.69) is 17.1 Å². The molecule has 1 amide bonds. The van der Waals surface area contributed by atoms with E-state index in [0.717, 1.165) is 22.5 Å². The summed E-state index contributed by atoms with van der Waals surface area (Å²) in [4.78, 5) is 31.9. The van der Waals surface area contributed by atoms with Crippen molar-refractivity contribution in [3.63, 3.8) is 0 Å². The van der Waals surface area contributed by atoms with Gasteiger partial charge < -0.3 is 9.88 Å². The maximum absolute atomic E-state index is 13.1. The van der Waals surface area contributed by atoms with Crippen molar-refractivity contribution in [3.8, 4) is 0 Å². The molecular weight excluding hydrogens is 332 g/mol. The predicted octanol–water partition coefficient (Wildman–Crippen LogP) is 3.95. The number of carbonyl (C=O) groups is 2. The number of ketones is 1. The lowest BCUT2D eigenvalue weighted by Gasteiger charge is -2.43. The van der Waals surface area contributed by atoms with Gasteiger partial charge in [0.15, 0.2) is 5.78 Å². The zero-order valence-electron chi connectivity index (χ0n) is 13.7. The van der Waals surface area contributed by atoms with Crippen LogP contribution in [0.4, 0.5) is 0 Å². The number of nitrogens with zero attached hydrogens (tertiary/aromatic N) is 1. The second-order valence-corrected chi connectivity index (χ2v) is 7.78. The van der Waals surface area contributed by atoms with Crippen molar-refractivity contribution in [2.24, 2.45) is 5.92 Å². The first-order valence-electron chi connectivity index (χ1n) is 8.70. The molecule has 1 N–H and O–H groups in total. The molecule has 4 heterocycles. The summed E-state index contributed by atoms with van der Waals surface area (Å²) < 4.78 is 0. The molecule has 4 nitrogen and oxygen atoms in total. The highest BCUT2D eigenvalue weighted by atomic mass is 32.1. The van der Waals surface area contributed by atoms with Crippen molar-refractivity contribution in [2.75, 3.05) is 6.54 Å². The van der Waals surface area contributed by atoms with Crippen LogP contribution in [0.25, 0.3) is 10.9 Å². The second kappa shape index (κ2) is 5.56. The first kappa shape index (κ1) is 14.9. The quantitative estimate of drug-likeness (QED) is 0.712. The number of thiophene rings is 1. The van der Waals surface area contributed by atoms with Crippen LogP contribution in [0.15, 0.2) is 41.8 Å². The van der Waals surface area contributed by atoms with Gasteiger partial charge in [0, 0.05) is 35.5 Å². The highest BCUT2D eigenvalue weighted by molar-refractivity contribution is 7.12. The number of nitrogens with one attached hydrogen (secondary N) is 1. The molecule has 5 rings (SSSR count). The number of para-hydroxylation sites is 1. The Hall–Kier alpha value is -2.40. The van der Waals surface area contributed by atoms with Crippen molar-refractivity contribution >= 4 is 33.9 Å². The molecular formula is C20H18N2O2S. The number of piperidine rings is 1. The zero-order valence-corrected chi connectivity index (χ0v) is 14.5. The summed E-state index contributed by atoms with van der Waals surface area (Å²) in [6.45, 7) is 0.701. The van der Waals surface area contributed by atoms with E-state index in [4.69, 9.17) is 0 Å². The van der Waals surface area contributed by atoms with Gasteiger partial charge in [-0.15, -0.1) is 11.3 Å². The van der Waals surface area contributed by atoms with Crippen LogP contribution >= 0.6 is 11.3 Å². The average molecular weight is 350 g/mol. The smallest absolute Gasteiger partial charge is 0.223 e. The molecule has 0 bridgehead atoms. The summed E-state index contributed by atoms with van der Waals surface area (Å²) in [5.74, 6) is 0.178. The molecule has 0 radical (unpaired) electrons. The first-order valence-corrected chi connectivity index (χ1v) is 9.58. The minimum Gasteiger partial charge on any atom is -0.356 e. The van der Waals surface area contributed by atoms with Crippen LogP contribution in [-0.4, -0.2) is 28.1 Å². The second-order valence-electron chi connectivity index (χ2n) is 6.83. The fourth-order valence-corrected chi connectivity index (χ4v) is 5.15. The summed E-state index contributed by atoms with van der Waals surface area (Å²) in [5.41, 5.74) is 3.43. The summed E-state index contributed by atoms with van der Waals surface area (Å²) in [6.07, 6.45) is 1.95. The Balaban J connectivity index is 1.65. The van der Waals surface area contributed by atoms with Gasteiger partial charge in [-0.25, -0.2) is 0 Å². The number of aromatic nitrogens is 1. The number of amides is 1. The molecule has 126 valence electrons. The Kier molecular flexibility index (Phi) is 3.31. The van der Waals surface area contributed by atoms with E-state index in [1.165, 1.54) is 22.3 Å². The molecule has 1 aromatic carbocycles. The van der Waals surface area contributed by atoms with Gasteiger partial charge in [-0.3, -0.25) is 9.59 Å². The van der Waals surface area contributed by atoms with E-state index in [-0.39, 0.29) is 23.7 Å². The van der Waals surface area contributed by atoms with Crippen molar-refractivity contribution in [1.82, 2.24) is 9.88 Å². The number of Topliss-reactive ketones (excluding diaryl/α,β-unsaturated/α-hetero) is 1. The summed E-state index contributed by atoms with van der Waals surface area (Å²) >= 11 is 1.49. The molecule has 0 spiro atoms. The van der Waals surface area contributed by atoms with Gasteiger partial charge in [-0.05, 0) is 35.9 Å². The van der Waals surface area contributed by atoms with Crippen molar-refractivity contribution < 1.29 is 9.59 Å². The average Bonchev–Trinajstić information content (AvgIpc) is 3.29. The van der Waals surface area contributed by atoms with E-state index in [9.17, 15) is 9.59 Å². The molecule has 1 unspecified atom stereocenters. The Morgan fingerprint density at radius 1 is 1.16 bits per heavy atom. The topological polar surface area (TPSA) is 53.2 Å². The number of hydrogen-bond donors (Lipinski definition) is 1. The van der Waals surface area contributed by atoms with E-state index in [0.29, 0.717) is 19.4 Å². The molecule has 5 heteroatoms. The van der Waals surface area contributed by atoms with Crippen LogP contribution in [0.3, 0.4) is 0 Å². The largest absolute Gasteiger partial charge is 0.356 e. The number of hydrogen-bond acceptors (Lipinski definition) is 3. The lowest BCUT2D eigenvalue weighted by atomic mass is 9.79. The van der Waals surface area contributed by atoms with Gasteiger partial charge in [0.1, 0.15) is 0 Å². The van der Waals surface area contributed by atoms with Gasteiger partial charge in [0.2, 0.25) is 5.91 Å². The van der Waals surface area contributed by atoms with E-state index in [1.807, 2.05) is 34.5 Å². The monoisotopic (exact) mass is 350 g/mol. The number of H-pyrrole nitrogens is 1. The molecule has 2 aromatic heterocycles. The third kappa shape index (κ3) is 2.19. The lowest BCUT2D eigenvalue weighted by molar-refractivity contribution is -0.138. The van der Waals surface area contributed by atoms with Gasteiger partial charge >= 0.3 is 0 Å². The maximum Gasteiger partial charge on any atom is 0.223 e. The zero-order chi connectivity index (χ0) is 17.0. The third-order valence-corrected chi connectivity index (χ3v) is 6.44. The standard InChI is InChI=1S/C20H18N2O2S/c23-17-8-7-14(20(24)16-6-3-11-25-16)19-18-13(9-10-22(17)19)12-4-1-2-5-15(12)21-18/h1-6,11,14,19,21H,7-10H2/t14-,19?/m0/s1. The van der Waals surface area contributed by atoms with Gasteiger partial charge in [-0.2, -0.15) is 0 Å². The van der Waals surface area contributed by atoms with Crippen LogP contribution in [0.1, 0.15) is 39.8 Å². The molecule has 25 heavy (non-hydrogen) atoms. The SMILES string of the molecule is O=C(c1cccs1)[C@H]1CCC(=O)N2CCc3c([nH]c4ccccc34)C12. The fraction of sp³-hybridized carbons (Fsp3) is 0.300. The Bertz CT molecular complexity index is 973. The summed E-state index contributed by atoms with van der Waals surface area (Å²) in [5, 5.41) is 3.16. The number of fused-ring (bicyclic) bond motifs is 5. The van der Waals surface area contributed by atoms with Crippen molar-refractivity contribution in [1.29, 1.82) is 0 Å². The molecule has 1 saturated heterocycles. The molecule has 0 aliphatic carbocycles. The summed E-state index contributed by atoms with van der Waals surface area (Å²) in [6, 6.07) is 11.9. The van der Waals surface area contributed by atoms with Crippen molar-refractivity contribution in [3.05, 3.63) is 57.9 Å². The predicted molar refractivity (Wildman–Crippen MR) is 97.8 cm³/mol. The molecule has 3 aromatic rings. The lowest BCUT2D eigenvalue weighted by Crippen LogP contribution is -2.48. The van der Waals surface area contributed by atoms with Crippen LogP contribution in [0.2, 0.25) is 0 Å².